The Morgan fingerprint density at radius 3 is 1.80 bits per heavy atom. The molecule has 0 heterocycles. The van der Waals surface area contributed by atoms with Gasteiger partial charge in [-0.25, -0.2) is 22.0 Å². The van der Waals surface area contributed by atoms with Gasteiger partial charge in [-0.3, -0.25) is 0 Å². The minimum absolute atomic E-state index is 0.156. The fourth-order valence-corrected chi connectivity index (χ4v) is 2.99. The molecule has 3 aromatic rings. The zero-order valence-electron chi connectivity index (χ0n) is 17.2. The first-order valence-corrected chi connectivity index (χ1v) is 9.37. The highest BCUT2D eigenvalue weighted by molar-refractivity contribution is 5.65. The predicted molar refractivity (Wildman–Crippen MR) is 103 cm³/mol. The van der Waals surface area contributed by atoms with Crippen molar-refractivity contribution in [3.05, 3.63) is 94.3 Å². The van der Waals surface area contributed by atoms with Crippen molar-refractivity contribution < 1.29 is 53.0 Å². The lowest BCUT2D eigenvalue weighted by Gasteiger charge is -2.20. The van der Waals surface area contributed by atoms with Crippen LogP contribution in [0.2, 0.25) is 0 Å². The standard InChI is InChI=1S/C23H11F11O/c1-10-2-4-11(5-3-10)13-6-7-14(19(27)18(13)26)23(33,34)35-12-8-15(24)17(16(25)9-12)20(28)21(29)22(30,31)32/h2-9H,1H3/b21-20+. The molecule has 1 nitrogen and oxygen atoms in total. The summed E-state index contributed by atoms with van der Waals surface area (Å²) < 4.78 is 153. The van der Waals surface area contributed by atoms with Gasteiger partial charge < -0.3 is 4.74 Å². The zero-order valence-corrected chi connectivity index (χ0v) is 17.2. The first-order valence-electron chi connectivity index (χ1n) is 9.37. The second-order valence-corrected chi connectivity index (χ2v) is 7.16. The van der Waals surface area contributed by atoms with E-state index in [1.54, 1.807) is 19.1 Å². The van der Waals surface area contributed by atoms with E-state index in [-0.39, 0.29) is 23.3 Å². The molecule has 3 aromatic carbocycles. The van der Waals surface area contributed by atoms with Crippen LogP contribution in [0.5, 0.6) is 5.75 Å². The van der Waals surface area contributed by atoms with Crippen LogP contribution < -0.4 is 4.74 Å². The van der Waals surface area contributed by atoms with Crippen LogP contribution in [0.25, 0.3) is 17.0 Å². The summed E-state index contributed by atoms with van der Waals surface area (Å²) in [6, 6.07) is 6.84. The Hall–Kier alpha value is -3.57. The minimum Gasteiger partial charge on any atom is -0.429 e. The number of hydrogen-bond acceptors (Lipinski definition) is 1. The summed E-state index contributed by atoms with van der Waals surface area (Å²) in [5.74, 6) is -16.0. The highest BCUT2D eigenvalue weighted by Gasteiger charge is 2.41. The van der Waals surface area contributed by atoms with Crippen LogP contribution in [0, 0.1) is 30.2 Å². The van der Waals surface area contributed by atoms with Gasteiger partial charge in [0.15, 0.2) is 17.5 Å². The molecule has 0 aliphatic heterocycles. The number of allylic oxidation sites excluding steroid dienone is 1. The maximum atomic E-state index is 14.5. The van der Waals surface area contributed by atoms with Gasteiger partial charge in [0.25, 0.3) is 0 Å². The second kappa shape index (κ2) is 9.23. The Bertz CT molecular complexity index is 1270. The largest absolute Gasteiger partial charge is 0.445 e. The van der Waals surface area contributed by atoms with E-state index in [4.69, 9.17) is 0 Å². The predicted octanol–water partition coefficient (Wildman–Crippen LogP) is 8.52. The molecule has 35 heavy (non-hydrogen) atoms. The Morgan fingerprint density at radius 1 is 0.743 bits per heavy atom. The second-order valence-electron chi connectivity index (χ2n) is 7.16. The number of hydrogen-bond donors (Lipinski definition) is 0. The van der Waals surface area contributed by atoms with E-state index in [0.29, 0.717) is 6.07 Å². The SMILES string of the molecule is Cc1ccc(-c2ccc(C(F)(F)Oc3cc(F)c(/C(F)=C(\F)C(F)(F)F)c(F)c3)c(F)c2F)cc1. The first-order chi connectivity index (χ1) is 16.1. The van der Waals surface area contributed by atoms with Crippen molar-refractivity contribution in [2.24, 2.45) is 0 Å². The minimum atomic E-state index is -5.92. The summed E-state index contributed by atoms with van der Waals surface area (Å²) in [6.45, 7) is 1.72. The van der Waals surface area contributed by atoms with E-state index < -0.39 is 64.1 Å². The monoisotopic (exact) mass is 512 g/mol. The molecule has 0 amide bonds. The van der Waals surface area contributed by atoms with Gasteiger partial charge in [-0.05, 0) is 18.6 Å². The molecule has 0 bridgehead atoms. The molecule has 3 rings (SSSR count). The van der Waals surface area contributed by atoms with Crippen LogP contribution in [0.1, 0.15) is 16.7 Å². The molecule has 0 saturated carbocycles. The van der Waals surface area contributed by atoms with Crippen molar-refractivity contribution in [1.29, 1.82) is 0 Å². The molecule has 12 heteroatoms. The first kappa shape index (κ1) is 26.0. The molecule has 0 aromatic heterocycles. The van der Waals surface area contributed by atoms with Gasteiger partial charge in [0.2, 0.25) is 5.83 Å². The van der Waals surface area contributed by atoms with Crippen LogP contribution in [-0.2, 0) is 6.11 Å². The summed E-state index contributed by atoms with van der Waals surface area (Å²) in [5.41, 5.74) is -3.24. The fraction of sp³-hybridized carbons (Fsp3) is 0.130. The Morgan fingerprint density at radius 2 is 1.29 bits per heavy atom. The molecule has 0 fully saturated rings. The normalized spacial score (nSPS) is 13.0. The number of alkyl halides is 5. The summed E-state index contributed by atoms with van der Waals surface area (Å²) in [5, 5.41) is 0. The smallest absolute Gasteiger partial charge is 0.429 e. The Kier molecular flexibility index (Phi) is 6.87. The third kappa shape index (κ3) is 5.25. The highest BCUT2D eigenvalue weighted by Crippen LogP contribution is 2.40. The third-order valence-electron chi connectivity index (χ3n) is 4.68. The van der Waals surface area contributed by atoms with E-state index in [9.17, 15) is 48.3 Å². The zero-order chi connectivity index (χ0) is 26.3. The Balaban J connectivity index is 1.97. The van der Waals surface area contributed by atoms with Crippen LogP contribution in [-0.4, -0.2) is 6.18 Å². The molecule has 0 N–H and O–H groups in total. The summed E-state index contributed by atoms with van der Waals surface area (Å²) in [6.07, 6.45) is -10.7. The van der Waals surface area contributed by atoms with Gasteiger partial charge in [-0.1, -0.05) is 35.9 Å². The number of rotatable bonds is 5. The number of benzene rings is 3. The molecule has 0 saturated heterocycles. The third-order valence-corrected chi connectivity index (χ3v) is 4.68. The molecule has 0 spiro atoms. The van der Waals surface area contributed by atoms with Crippen molar-refractivity contribution in [3.8, 4) is 16.9 Å². The van der Waals surface area contributed by atoms with Gasteiger partial charge in [-0.15, -0.1) is 0 Å². The molecule has 186 valence electrons. The quantitative estimate of drug-likeness (QED) is 0.312. The number of ether oxygens (including phenoxy) is 1. The van der Waals surface area contributed by atoms with Crippen molar-refractivity contribution in [2.75, 3.05) is 0 Å². The molecule has 0 atom stereocenters. The molecule has 0 radical (unpaired) electrons. The van der Waals surface area contributed by atoms with Crippen LogP contribution >= 0.6 is 0 Å². The highest BCUT2D eigenvalue weighted by atomic mass is 19.4. The molecular weight excluding hydrogens is 501 g/mol. The summed E-state index contributed by atoms with van der Waals surface area (Å²) in [4.78, 5) is 0. The lowest BCUT2D eigenvalue weighted by molar-refractivity contribution is -0.187. The number of aryl methyl sites for hydroxylation is 1. The summed E-state index contributed by atoms with van der Waals surface area (Å²) >= 11 is 0. The average Bonchev–Trinajstić information content (AvgIpc) is 2.74. The molecular formula is C23H11F11O. The van der Waals surface area contributed by atoms with E-state index in [2.05, 4.69) is 4.74 Å². The topological polar surface area (TPSA) is 9.23 Å². The van der Waals surface area contributed by atoms with E-state index >= 15 is 0 Å². The van der Waals surface area contributed by atoms with E-state index in [1.165, 1.54) is 12.1 Å². The lowest BCUT2D eigenvalue weighted by atomic mass is 10.0. The Labute approximate surface area is 190 Å². The van der Waals surface area contributed by atoms with Gasteiger partial charge in [-0.2, -0.15) is 26.3 Å². The van der Waals surface area contributed by atoms with E-state index in [1.807, 2.05) is 0 Å². The van der Waals surface area contributed by atoms with Gasteiger partial charge >= 0.3 is 12.3 Å². The van der Waals surface area contributed by atoms with Crippen LogP contribution in [0.3, 0.4) is 0 Å². The molecule has 0 aliphatic carbocycles. The molecule has 0 unspecified atom stereocenters. The lowest BCUT2D eigenvalue weighted by Crippen LogP contribution is -2.24. The van der Waals surface area contributed by atoms with Gasteiger partial charge in [0.1, 0.15) is 22.9 Å². The van der Waals surface area contributed by atoms with Crippen molar-refractivity contribution in [1.82, 2.24) is 0 Å². The maximum Gasteiger partial charge on any atom is 0.445 e. The average molecular weight is 512 g/mol. The molecule has 0 aliphatic rings. The van der Waals surface area contributed by atoms with Gasteiger partial charge in [0, 0.05) is 17.7 Å². The van der Waals surface area contributed by atoms with E-state index in [0.717, 1.165) is 11.6 Å². The van der Waals surface area contributed by atoms with Crippen molar-refractivity contribution in [2.45, 2.75) is 19.2 Å². The fourth-order valence-electron chi connectivity index (χ4n) is 2.99. The number of halogens is 11. The van der Waals surface area contributed by atoms with Crippen LogP contribution in [0.4, 0.5) is 48.3 Å². The van der Waals surface area contributed by atoms with Crippen LogP contribution in [0.15, 0.2) is 54.4 Å². The van der Waals surface area contributed by atoms with Crippen molar-refractivity contribution >= 4 is 5.83 Å². The summed E-state index contributed by atoms with van der Waals surface area (Å²) in [7, 11) is 0. The maximum absolute atomic E-state index is 14.5. The van der Waals surface area contributed by atoms with Crippen molar-refractivity contribution in [3.63, 3.8) is 0 Å². The van der Waals surface area contributed by atoms with Gasteiger partial charge in [0.05, 0.1) is 5.56 Å².